The molecule has 0 amide bonds. The molecule has 7 heteroatoms. The molecule has 0 bridgehead atoms. The first-order valence-corrected chi connectivity index (χ1v) is 3.84. The average molecular weight is 194 g/mol. The predicted molar refractivity (Wildman–Crippen MR) is 41.1 cm³/mol. The number of rotatable bonds is 2. The maximum absolute atomic E-state index is 9.42. The summed E-state index contributed by atoms with van der Waals surface area (Å²) < 4.78 is 4.91. The highest BCUT2D eigenvalue weighted by molar-refractivity contribution is 4.95. The molecule has 0 spiro atoms. The van der Waals surface area contributed by atoms with E-state index in [-0.39, 0.29) is 6.61 Å². The molecule has 0 aromatic rings. The summed E-state index contributed by atoms with van der Waals surface area (Å²) in [5.41, 5.74) is 0.476. The highest BCUT2D eigenvalue weighted by Crippen LogP contribution is 2.22. The molecular weight excluding hydrogens is 180 g/mol. The molecule has 1 rings (SSSR count). The fourth-order valence-electron chi connectivity index (χ4n) is 1.22. The maximum atomic E-state index is 9.42. The van der Waals surface area contributed by atoms with E-state index < -0.39 is 30.6 Å². The lowest BCUT2D eigenvalue weighted by molar-refractivity contribution is -0.259. The molecule has 0 aromatic heterocycles. The Morgan fingerprint density at radius 3 is 2.54 bits per heavy atom. The molecule has 13 heavy (non-hydrogen) atoms. The summed E-state index contributed by atoms with van der Waals surface area (Å²) in [7, 11) is 0. The number of aliphatic hydroxyl groups excluding tert-OH is 4. The molecule has 4 atom stereocenters. The maximum Gasteiger partial charge on any atom is 0.183 e. The van der Waals surface area contributed by atoms with Gasteiger partial charge in [0.15, 0.2) is 5.72 Å². The van der Waals surface area contributed by atoms with Crippen molar-refractivity contribution in [3.63, 3.8) is 0 Å². The monoisotopic (exact) mass is 194 g/mol. The van der Waals surface area contributed by atoms with E-state index in [0.717, 1.165) is 0 Å². The van der Waals surface area contributed by atoms with Gasteiger partial charge in [0.1, 0.15) is 18.3 Å². The minimum Gasteiger partial charge on any atom is -0.392 e. The van der Waals surface area contributed by atoms with Gasteiger partial charge in [0.05, 0.1) is 13.2 Å². The summed E-state index contributed by atoms with van der Waals surface area (Å²) in [5.74, 6) is 5.06. The van der Waals surface area contributed by atoms with Crippen LogP contribution in [0.15, 0.2) is 0 Å². The molecule has 78 valence electrons. The van der Waals surface area contributed by atoms with Gasteiger partial charge in [0, 0.05) is 0 Å². The van der Waals surface area contributed by atoms with E-state index >= 15 is 0 Å². The van der Waals surface area contributed by atoms with Crippen LogP contribution >= 0.6 is 0 Å². The van der Waals surface area contributed by atoms with Crippen molar-refractivity contribution in [2.75, 3.05) is 13.2 Å². The number of nitrogens with one attached hydrogen (secondary N) is 1. The van der Waals surface area contributed by atoms with Gasteiger partial charge in [0.25, 0.3) is 0 Å². The van der Waals surface area contributed by atoms with Crippen molar-refractivity contribution < 1.29 is 25.2 Å². The van der Waals surface area contributed by atoms with Gasteiger partial charge in [-0.2, -0.15) is 0 Å². The van der Waals surface area contributed by atoms with Gasteiger partial charge in [-0.3, -0.25) is 5.84 Å². The van der Waals surface area contributed by atoms with Crippen LogP contribution in [0.1, 0.15) is 0 Å². The van der Waals surface area contributed by atoms with E-state index in [1.165, 1.54) is 0 Å². The minimum absolute atomic E-state index is 0.205. The Labute approximate surface area is 74.7 Å². The van der Waals surface area contributed by atoms with Crippen LogP contribution in [0.3, 0.4) is 0 Å². The zero-order chi connectivity index (χ0) is 10.1. The van der Waals surface area contributed by atoms with E-state index in [9.17, 15) is 10.2 Å². The summed E-state index contributed by atoms with van der Waals surface area (Å²) in [6, 6.07) is 0. The van der Waals surface area contributed by atoms with Crippen molar-refractivity contribution in [1.82, 2.24) is 5.43 Å². The topological polar surface area (TPSA) is 128 Å². The summed E-state index contributed by atoms with van der Waals surface area (Å²) in [5, 5.41) is 36.7. The summed E-state index contributed by atoms with van der Waals surface area (Å²) in [4.78, 5) is 0. The molecule has 1 aliphatic rings. The van der Waals surface area contributed by atoms with Crippen molar-refractivity contribution >= 4 is 0 Å². The van der Waals surface area contributed by atoms with E-state index in [0.29, 0.717) is 0 Å². The van der Waals surface area contributed by atoms with Crippen molar-refractivity contribution in [3.8, 4) is 0 Å². The van der Waals surface area contributed by atoms with Gasteiger partial charge in [-0.1, -0.05) is 0 Å². The molecule has 0 aromatic carbocycles. The average Bonchev–Trinajstić information content (AvgIpc) is 2.16. The SMILES string of the molecule is NNC1(CO)OC[C@@H](O)[C@H](O)[C@H]1O. The number of hydrogen-bond donors (Lipinski definition) is 6. The van der Waals surface area contributed by atoms with Crippen LogP contribution in [-0.2, 0) is 4.74 Å². The lowest BCUT2D eigenvalue weighted by Crippen LogP contribution is -2.70. The minimum atomic E-state index is -1.60. The Bertz CT molecular complexity index is 174. The number of ether oxygens (including phenoxy) is 1. The van der Waals surface area contributed by atoms with E-state index in [4.69, 9.17) is 20.8 Å². The predicted octanol–water partition coefficient (Wildman–Crippen LogP) is -3.75. The first-order valence-electron chi connectivity index (χ1n) is 3.84. The quantitative estimate of drug-likeness (QED) is 0.197. The van der Waals surface area contributed by atoms with Crippen molar-refractivity contribution in [2.45, 2.75) is 24.0 Å². The summed E-state index contributed by atoms with van der Waals surface area (Å²) >= 11 is 0. The van der Waals surface area contributed by atoms with E-state index in [1.54, 1.807) is 0 Å². The Hall–Kier alpha value is -0.280. The van der Waals surface area contributed by atoms with Crippen molar-refractivity contribution in [2.24, 2.45) is 5.84 Å². The molecule has 0 saturated carbocycles. The van der Waals surface area contributed by atoms with Crippen molar-refractivity contribution in [3.05, 3.63) is 0 Å². The molecule has 1 heterocycles. The third-order valence-corrected chi connectivity index (χ3v) is 2.19. The zero-order valence-electron chi connectivity index (χ0n) is 6.92. The molecule has 7 nitrogen and oxygen atoms in total. The lowest BCUT2D eigenvalue weighted by atomic mass is 9.95. The Kier molecular flexibility index (Phi) is 3.19. The van der Waals surface area contributed by atoms with Crippen LogP contribution in [0.5, 0.6) is 0 Å². The normalized spacial score (nSPS) is 46.4. The van der Waals surface area contributed by atoms with Gasteiger partial charge in [-0.05, 0) is 0 Å². The molecule has 0 radical (unpaired) electrons. The second-order valence-electron chi connectivity index (χ2n) is 3.01. The second kappa shape index (κ2) is 3.84. The molecule has 1 aliphatic heterocycles. The van der Waals surface area contributed by atoms with Crippen LogP contribution in [0.2, 0.25) is 0 Å². The van der Waals surface area contributed by atoms with E-state index in [1.807, 2.05) is 0 Å². The first-order chi connectivity index (χ1) is 6.07. The summed E-state index contributed by atoms with van der Waals surface area (Å²) in [6.45, 7) is -0.808. The highest BCUT2D eigenvalue weighted by Gasteiger charge is 2.48. The van der Waals surface area contributed by atoms with Gasteiger partial charge in [-0.25, -0.2) is 5.43 Å². The zero-order valence-corrected chi connectivity index (χ0v) is 6.92. The van der Waals surface area contributed by atoms with Gasteiger partial charge in [0.2, 0.25) is 0 Å². The van der Waals surface area contributed by atoms with Gasteiger partial charge >= 0.3 is 0 Å². The standard InChI is InChI=1S/C6H14N2O5/c7-8-6(2-9)5(12)4(11)3(10)1-13-6/h3-5,8-12H,1-2,7H2/t3-,4+,5-,6?/m1/s1. The van der Waals surface area contributed by atoms with Gasteiger partial charge < -0.3 is 25.2 Å². The fraction of sp³-hybridized carbons (Fsp3) is 1.00. The van der Waals surface area contributed by atoms with Crippen LogP contribution in [0.4, 0.5) is 0 Å². The molecule has 0 aliphatic carbocycles. The molecular formula is C6H14N2O5. The molecule has 1 saturated heterocycles. The Balaban J connectivity index is 2.77. The van der Waals surface area contributed by atoms with Gasteiger partial charge in [-0.15, -0.1) is 0 Å². The number of hydrogen-bond acceptors (Lipinski definition) is 7. The Morgan fingerprint density at radius 1 is 1.46 bits per heavy atom. The lowest BCUT2D eigenvalue weighted by Gasteiger charge is -2.43. The second-order valence-corrected chi connectivity index (χ2v) is 3.01. The van der Waals surface area contributed by atoms with Crippen LogP contribution in [-0.4, -0.2) is 57.7 Å². The largest absolute Gasteiger partial charge is 0.392 e. The number of nitrogens with two attached hydrogens (primary N) is 1. The van der Waals surface area contributed by atoms with Crippen LogP contribution < -0.4 is 11.3 Å². The third kappa shape index (κ3) is 1.67. The van der Waals surface area contributed by atoms with Crippen LogP contribution in [0, 0.1) is 0 Å². The Morgan fingerprint density at radius 2 is 2.08 bits per heavy atom. The van der Waals surface area contributed by atoms with Crippen molar-refractivity contribution in [1.29, 1.82) is 0 Å². The smallest absolute Gasteiger partial charge is 0.183 e. The number of aliphatic hydroxyl groups is 4. The highest BCUT2D eigenvalue weighted by atomic mass is 16.6. The number of hydrazine groups is 1. The molecule has 1 unspecified atom stereocenters. The first kappa shape index (κ1) is 10.8. The molecule has 1 fully saturated rings. The van der Waals surface area contributed by atoms with E-state index in [2.05, 4.69) is 5.43 Å². The molecule has 7 N–H and O–H groups in total. The summed E-state index contributed by atoms with van der Waals surface area (Å²) in [6.07, 6.45) is -4.05. The van der Waals surface area contributed by atoms with Crippen LogP contribution in [0.25, 0.3) is 0 Å². The third-order valence-electron chi connectivity index (χ3n) is 2.19. The fourth-order valence-corrected chi connectivity index (χ4v) is 1.22.